The molecule has 2 saturated carbocycles. The van der Waals surface area contributed by atoms with Gasteiger partial charge in [-0.1, -0.05) is 199 Å². The summed E-state index contributed by atoms with van der Waals surface area (Å²) < 4.78 is 21.4. The van der Waals surface area contributed by atoms with Crippen LogP contribution in [-0.4, -0.2) is 123 Å². The molecule has 124 heavy (non-hydrogen) atoms. The maximum Gasteiger partial charge on any atom is 0.334 e. The van der Waals surface area contributed by atoms with Crippen LogP contribution in [-0.2, 0) is 38.2 Å². The zero-order valence-electron chi connectivity index (χ0n) is 73.9. The van der Waals surface area contributed by atoms with Crippen LogP contribution in [0.5, 0.6) is 0 Å². The number of barbiturate groups is 2. The number of aromatic nitrogens is 4. The van der Waals surface area contributed by atoms with Gasteiger partial charge in [0.05, 0.1) is 12.1 Å². The van der Waals surface area contributed by atoms with E-state index in [1.54, 1.807) is 34.6 Å². The Morgan fingerprint density at radius 2 is 0.605 bits per heavy atom. The van der Waals surface area contributed by atoms with E-state index in [1.807, 2.05) is 0 Å². The van der Waals surface area contributed by atoms with Crippen LogP contribution < -0.4 is 21.4 Å². The molecule has 2 aliphatic carbocycles. The van der Waals surface area contributed by atoms with Gasteiger partial charge >= 0.3 is 24.0 Å². The van der Waals surface area contributed by atoms with Gasteiger partial charge in [0.1, 0.15) is 24.4 Å². The summed E-state index contributed by atoms with van der Waals surface area (Å²) in [7, 11) is 0. The third-order valence-electron chi connectivity index (χ3n) is 26.2. The molecule has 12 aromatic rings. The molecule has 16 rings (SSSR count). The number of carbonyl (C=O) groups is 8. The van der Waals surface area contributed by atoms with E-state index in [1.165, 1.54) is 21.5 Å². The minimum atomic E-state index is -1.06. The van der Waals surface area contributed by atoms with Crippen LogP contribution in [0.15, 0.2) is 214 Å². The number of allylic oxidation sites excluding steroid dienone is 10. The number of hydrogen-bond donors (Lipinski definition) is 0. The SMILES string of the molecule is CCCC(C)n1/c(=C/C=C2/CC/C(=C\C=c3/c4cccc5cccc(c54)n3C(C)CCC)C2=C2C(=O)N(CC)C(=O)N(C(C)COC(=O)CCCC(=O)OCC(C)N3C(=O)C(=C4/C(=C/C=c5\c6cccc7cccc(c76)n5C(C)CCC)CC/C4=C\C=c4/c5cccc6cccc(c65)n4C(C)CCC)C(=O)N(C(C)C)C3=O)C2=O)c2cccc3cccc1c32. The summed E-state index contributed by atoms with van der Waals surface area (Å²) >= 11 is 0. The number of rotatable bonds is 28. The number of nitrogens with zero attached hydrogens (tertiary/aromatic N) is 8. The first-order valence-corrected chi connectivity index (χ1v) is 45.1. The Bertz CT molecular complexity index is 6450. The van der Waals surface area contributed by atoms with E-state index >= 15 is 19.2 Å². The molecular formula is C106H114N8O10. The zero-order chi connectivity index (χ0) is 87.2. The standard InChI is InChI=1S/C106H114N8O10/c1-14-28-65(8)109-83(79-40-19-32-71-36-23-44-87(109)95(71)79)58-54-75-50-51-76(55-59-84-80-41-20-33-72-37-24-45-88(96(72)80)110(84)66(9)29-15-2)93(75)99-101(117)107(18-5)105(121)113(103(99)119)69(12)62-123-91(115)48-27-49-92(116)124-63-70(13)114-104(120)100(102(118)108(64(6)7)106(114)122)94-77(56-60-85-81-42-21-34-73-38-25-46-89(97(73)81)111(85)67(10)30-16-3)52-53-78(94)57-61-86-82-43-22-35-74-39-26-47-90(98(74)82)112(86)68(11)31-17-4/h19-26,32-47,54-61,64-70H,14-18,27-31,48-53,62-63H2,1-13H3/b75-54-,76-55+,77-56+,78-57+,83-58+,84-59+,85-60+,86-61+,99-93?,100-94?. The van der Waals surface area contributed by atoms with Crippen molar-refractivity contribution in [2.75, 3.05) is 19.8 Å². The Hall–Kier alpha value is -12.4. The summed E-state index contributed by atoms with van der Waals surface area (Å²) in [4.78, 5) is 124. The highest BCUT2D eigenvalue weighted by Crippen LogP contribution is 2.44. The number of likely N-dealkylation sites (N-methyl/N-ethyl adjacent to an activating group) is 1. The Kier molecular flexibility index (Phi) is 24.6. The highest BCUT2D eigenvalue weighted by molar-refractivity contribution is 6.31. The first-order valence-electron chi connectivity index (χ1n) is 45.1. The highest BCUT2D eigenvalue weighted by atomic mass is 16.5. The lowest BCUT2D eigenvalue weighted by molar-refractivity contribution is -0.150. The summed E-state index contributed by atoms with van der Waals surface area (Å²) in [6, 6.07) is 47.3. The monoisotopic (exact) mass is 1660 g/mol. The predicted octanol–water partition coefficient (Wildman–Crippen LogP) is 20.6. The van der Waals surface area contributed by atoms with E-state index in [4.69, 9.17) is 9.47 Å². The van der Waals surface area contributed by atoms with Crippen LogP contribution in [0.4, 0.5) is 9.59 Å². The van der Waals surface area contributed by atoms with Gasteiger partial charge in [0, 0.05) is 136 Å². The molecule has 4 fully saturated rings. The van der Waals surface area contributed by atoms with Crippen molar-refractivity contribution in [2.24, 2.45) is 0 Å². The van der Waals surface area contributed by atoms with Crippen molar-refractivity contribution in [1.29, 1.82) is 0 Å². The first kappa shape index (κ1) is 85.1. The number of carbonyl (C=O) groups excluding carboxylic acids is 8. The first-order chi connectivity index (χ1) is 60.0. The molecule has 0 bridgehead atoms. The van der Waals surface area contributed by atoms with Crippen LogP contribution in [0.1, 0.15) is 210 Å². The lowest BCUT2D eigenvalue weighted by Gasteiger charge is -2.39. The number of ether oxygens (including phenoxy) is 2. The predicted molar refractivity (Wildman–Crippen MR) is 498 cm³/mol. The topological polar surface area (TPSA) is 188 Å². The largest absolute Gasteiger partial charge is 0.463 e. The van der Waals surface area contributed by atoms with E-state index in [0.29, 0.717) is 36.8 Å². The number of esters is 2. The molecule has 0 radical (unpaired) electrons. The molecule has 638 valence electrons. The van der Waals surface area contributed by atoms with Crippen molar-refractivity contribution in [3.05, 3.63) is 236 Å². The van der Waals surface area contributed by atoms with Gasteiger partial charge in [-0.05, 0) is 224 Å². The molecule has 4 aliphatic rings. The van der Waals surface area contributed by atoms with E-state index in [2.05, 4.69) is 268 Å². The normalized spacial score (nSPS) is 19.4. The quantitative estimate of drug-likeness (QED) is 0.0259. The molecule has 0 spiro atoms. The van der Waals surface area contributed by atoms with Crippen LogP contribution in [0.2, 0.25) is 0 Å². The van der Waals surface area contributed by atoms with Gasteiger partial charge in [-0.3, -0.25) is 48.4 Å². The summed E-state index contributed by atoms with van der Waals surface area (Å²) in [5, 5.41) is 17.6. The lowest BCUT2D eigenvalue weighted by atomic mass is 9.94. The summed E-state index contributed by atoms with van der Waals surface area (Å²) in [6.07, 6.45) is 25.9. The molecule has 4 aromatic heterocycles. The molecule has 2 aliphatic heterocycles. The second-order valence-corrected chi connectivity index (χ2v) is 34.9. The van der Waals surface area contributed by atoms with Gasteiger partial charge in [-0.15, -0.1) is 0 Å². The summed E-state index contributed by atoms with van der Waals surface area (Å²) in [6.45, 7) is 25.3. The van der Waals surface area contributed by atoms with Crippen LogP contribution in [0.3, 0.4) is 0 Å². The Balaban J connectivity index is 0.671. The molecule has 6 atom stereocenters. The summed E-state index contributed by atoms with van der Waals surface area (Å²) in [5.41, 5.74) is 8.25. The van der Waals surface area contributed by atoms with E-state index in [9.17, 15) is 19.2 Å². The highest BCUT2D eigenvalue weighted by Gasteiger charge is 2.49. The van der Waals surface area contributed by atoms with Gasteiger partial charge in [0.15, 0.2) is 0 Å². The molecule has 2 saturated heterocycles. The smallest absolute Gasteiger partial charge is 0.334 e. The van der Waals surface area contributed by atoms with Crippen molar-refractivity contribution >= 4 is 159 Å². The van der Waals surface area contributed by atoms with Crippen molar-refractivity contribution in [2.45, 2.75) is 229 Å². The molecular weight excluding hydrogens is 1550 g/mol. The molecule has 8 aromatic carbocycles. The minimum absolute atomic E-state index is 0.0169. The second kappa shape index (κ2) is 35.8. The van der Waals surface area contributed by atoms with Crippen molar-refractivity contribution in [3.63, 3.8) is 0 Å². The molecule has 8 amide bonds. The fourth-order valence-electron chi connectivity index (χ4n) is 20.5. The average Bonchev–Trinajstić information content (AvgIpc) is 1.59. The maximum absolute atomic E-state index is 15.8. The van der Waals surface area contributed by atoms with E-state index < -0.39 is 79.0 Å². The third-order valence-corrected chi connectivity index (χ3v) is 26.2. The Morgan fingerprint density at radius 3 is 0.887 bits per heavy atom. The Morgan fingerprint density at radius 1 is 0.331 bits per heavy atom. The van der Waals surface area contributed by atoms with Gasteiger partial charge in [-0.25, -0.2) is 9.59 Å². The second-order valence-electron chi connectivity index (χ2n) is 34.9. The number of hydrogen-bond acceptors (Lipinski definition) is 10. The fraction of sp³-hybridized carbons (Fsp3) is 0.358. The van der Waals surface area contributed by atoms with Crippen LogP contribution in [0, 0.1) is 0 Å². The average molecular weight is 1660 g/mol. The van der Waals surface area contributed by atoms with Crippen LogP contribution in [0.25, 0.3) is 111 Å². The van der Waals surface area contributed by atoms with Crippen LogP contribution >= 0.6 is 0 Å². The van der Waals surface area contributed by atoms with Crippen molar-refractivity contribution in [1.82, 2.24) is 37.9 Å². The molecule has 0 N–H and O–H groups in total. The number of benzene rings is 8. The zero-order valence-corrected chi connectivity index (χ0v) is 73.9. The number of amides is 8. The molecule has 18 heteroatoms. The Labute approximate surface area is 724 Å². The summed E-state index contributed by atoms with van der Waals surface area (Å²) in [5.74, 6) is -4.41. The molecule has 6 unspecified atom stereocenters. The molecule has 18 nitrogen and oxygen atoms in total. The van der Waals surface area contributed by atoms with Gasteiger partial charge in [0.2, 0.25) is 0 Å². The fourth-order valence-corrected chi connectivity index (χ4v) is 20.5. The van der Waals surface area contributed by atoms with E-state index in [-0.39, 0.29) is 61.1 Å². The maximum atomic E-state index is 15.8. The van der Waals surface area contributed by atoms with Gasteiger partial charge < -0.3 is 27.7 Å². The van der Waals surface area contributed by atoms with Gasteiger partial charge in [-0.2, -0.15) is 0 Å². The number of imide groups is 4. The lowest BCUT2D eigenvalue weighted by Crippen LogP contribution is -2.61. The van der Waals surface area contributed by atoms with E-state index in [0.717, 1.165) is 180 Å². The number of urea groups is 2. The van der Waals surface area contributed by atoms with Crippen molar-refractivity contribution in [3.8, 4) is 0 Å². The molecule has 6 heterocycles. The minimum Gasteiger partial charge on any atom is -0.463 e. The third kappa shape index (κ3) is 15.2. The van der Waals surface area contributed by atoms with Gasteiger partial charge in [0.25, 0.3) is 23.6 Å². The van der Waals surface area contributed by atoms with Crippen molar-refractivity contribution < 1.29 is 47.8 Å².